The molecule has 1 heterocycles. The van der Waals surface area contributed by atoms with Gasteiger partial charge in [0.05, 0.1) is 12.8 Å². The van der Waals surface area contributed by atoms with Crippen LogP contribution in [0.5, 0.6) is 5.75 Å². The average molecular weight is 401 g/mol. The second kappa shape index (κ2) is 9.36. The Hall–Kier alpha value is -3.88. The van der Waals surface area contributed by atoms with Crippen LogP contribution in [0, 0.1) is 11.6 Å². The van der Waals surface area contributed by atoms with Gasteiger partial charge in [0.25, 0.3) is 5.91 Å². The minimum absolute atomic E-state index is 0.221. The molecular formula is C20H17F2N3O4. The van der Waals surface area contributed by atoms with Gasteiger partial charge in [-0.05, 0) is 48.5 Å². The van der Waals surface area contributed by atoms with Gasteiger partial charge in [-0.1, -0.05) is 0 Å². The lowest BCUT2D eigenvalue weighted by molar-refractivity contribution is -0.118. The van der Waals surface area contributed by atoms with Crippen molar-refractivity contribution in [3.05, 3.63) is 78.3 Å². The van der Waals surface area contributed by atoms with Gasteiger partial charge in [0, 0.05) is 17.4 Å². The van der Waals surface area contributed by atoms with Crippen molar-refractivity contribution in [1.29, 1.82) is 0 Å². The zero-order chi connectivity index (χ0) is 20.6. The molecule has 0 bridgehead atoms. The van der Waals surface area contributed by atoms with Crippen molar-refractivity contribution in [3.8, 4) is 5.75 Å². The number of carbonyl (C=O) groups is 2. The summed E-state index contributed by atoms with van der Waals surface area (Å²) in [5.41, 5.74) is 0.976. The van der Waals surface area contributed by atoms with Crippen LogP contribution in [0.25, 0.3) is 0 Å². The van der Waals surface area contributed by atoms with Gasteiger partial charge < -0.3 is 25.1 Å². The lowest BCUT2D eigenvalue weighted by Crippen LogP contribution is -2.28. The van der Waals surface area contributed by atoms with E-state index in [-0.39, 0.29) is 12.3 Å². The number of benzene rings is 2. The smallest absolute Gasteiger partial charge is 0.319 e. The van der Waals surface area contributed by atoms with Crippen molar-refractivity contribution in [2.75, 3.05) is 17.2 Å². The summed E-state index contributed by atoms with van der Waals surface area (Å²) in [5, 5.41) is 7.84. The maximum Gasteiger partial charge on any atom is 0.319 e. The molecule has 0 saturated heterocycles. The van der Waals surface area contributed by atoms with Gasteiger partial charge in [-0.3, -0.25) is 4.79 Å². The fourth-order valence-electron chi connectivity index (χ4n) is 2.33. The monoisotopic (exact) mass is 401 g/mol. The number of ether oxygens (including phenoxy) is 1. The number of urea groups is 1. The van der Waals surface area contributed by atoms with Gasteiger partial charge in [0.15, 0.2) is 18.2 Å². The van der Waals surface area contributed by atoms with E-state index in [0.717, 1.165) is 12.1 Å². The van der Waals surface area contributed by atoms with E-state index in [1.54, 1.807) is 36.4 Å². The highest BCUT2D eigenvalue weighted by atomic mass is 19.1. The van der Waals surface area contributed by atoms with Crippen LogP contribution in [0.3, 0.4) is 0 Å². The standard InChI is InChI=1S/C20H17F2N3O4/c21-13-3-8-18(17(22)10-13)29-12-19(26)24-14-4-6-15(7-5-14)25-20(27)23-11-16-2-1-9-28-16/h1-10H,11-12H2,(H,24,26)(H2,23,25,27). The fourth-order valence-corrected chi connectivity index (χ4v) is 2.33. The molecule has 0 atom stereocenters. The Balaban J connectivity index is 1.44. The summed E-state index contributed by atoms with van der Waals surface area (Å²) in [6, 6.07) is 12.2. The number of amides is 3. The molecule has 3 aromatic rings. The SMILES string of the molecule is O=C(COc1ccc(F)cc1F)Nc1ccc(NC(=O)NCc2ccco2)cc1. The third-order valence-corrected chi connectivity index (χ3v) is 3.68. The third-order valence-electron chi connectivity index (χ3n) is 3.68. The molecule has 150 valence electrons. The van der Waals surface area contributed by atoms with Crippen LogP contribution in [-0.4, -0.2) is 18.5 Å². The molecule has 7 nitrogen and oxygen atoms in total. The number of anilines is 2. The second-order valence-electron chi connectivity index (χ2n) is 5.88. The maximum atomic E-state index is 13.5. The van der Waals surface area contributed by atoms with Gasteiger partial charge in [0.1, 0.15) is 11.6 Å². The van der Waals surface area contributed by atoms with E-state index in [4.69, 9.17) is 9.15 Å². The van der Waals surface area contributed by atoms with E-state index in [9.17, 15) is 18.4 Å². The highest BCUT2D eigenvalue weighted by molar-refractivity contribution is 5.93. The molecule has 9 heteroatoms. The Labute approximate surface area is 164 Å². The largest absolute Gasteiger partial charge is 0.481 e. The Bertz CT molecular complexity index is 976. The van der Waals surface area contributed by atoms with E-state index in [1.165, 1.54) is 6.26 Å². The van der Waals surface area contributed by atoms with Gasteiger partial charge in [0.2, 0.25) is 0 Å². The van der Waals surface area contributed by atoms with Crippen molar-refractivity contribution in [1.82, 2.24) is 5.32 Å². The minimum atomic E-state index is -0.890. The van der Waals surface area contributed by atoms with E-state index in [0.29, 0.717) is 23.2 Å². The van der Waals surface area contributed by atoms with Crippen molar-refractivity contribution in [2.45, 2.75) is 6.54 Å². The van der Waals surface area contributed by atoms with Crippen LogP contribution in [0.15, 0.2) is 65.3 Å². The van der Waals surface area contributed by atoms with Gasteiger partial charge >= 0.3 is 6.03 Å². The van der Waals surface area contributed by atoms with Crippen LogP contribution in [0.2, 0.25) is 0 Å². The zero-order valence-corrected chi connectivity index (χ0v) is 15.1. The minimum Gasteiger partial charge on any atom is -0.481 e. The number of rotatable bonds is 7. The number of hydrogen-bond donors (Lipinski definition) is 3. The summed E-state index contributed by atoms with van der Waals surface area (Å²) in [4.78, 5) is 23.7. The van der Waals surface area contributed by atoms with Crippen LogP contribution in [-0.2, 0) is 11.3 Å². The number of carbonyl (C=O) groups excluding carboxylic acids is 2. The molecule has 3 rings (SSSR count). The van der Waals surface area contributed by atoms with Crippen LogP contribution in [0.1, 0.15) is 5.76 Å². The molecule has 0 unspecified atom stereocenters. The molecule has 0 fully saturated rings. The highest BCUT2D eigenvalue weighted by Crippen LogP contribution is 2.18. The molecule has 1 aromatic heterocycles. The molecule has 3 amide bonds. The molecule has 0 spiro atoms. The summed E-state index contributed by atoms with van der Waals surface area (Å²) in [7, 11) is 0. The Morgan fingerprint density at radius 1 is 0.966 bits per heavy atom. The quantitative estimate of drug-likeness (QED) is 0.560. The number of nitrogens with one attached hydrogen (secondary N) is 3. The van der Waals surface area contributed by atoms with Gasteiger partial charge in [-0.15, -0.1) is 0 Å². The number of halogens is 2. The van der Waals surface area contributed by atoms with Crippen LogP contribution >= 0.6 is 0 Å². The molecule has 2 aromatic carbocycles. The predicted molar refractivity (Wildman–Crippen MR) is 101 cm³/mol. The van der Waals surface area contributed by atoms with Gasteiger partial charge in [-0.2, -0.15) is 0 Å². The topological polar surface area (TPSA) is 92.6 Å². The Morgan fingerprint density at radius 2 is 1.69 bits per heavy atom. The van der Waals surface area contributed by atoms with Crippen molar-refractivity contribution >= 4 is 23.3 Å². The first-order valence-corrected chi connectivity index (χ1v) is 8.54. The normalized spacial score (nSPS) is 10.3. The maximum absolute atomic E-state index is 13.5. The molecule has 0 radical (unpaired) electrons. The Kier molecular flexibility index (Phi) is 6.41. The lowest BCUT2D eigenvalue weighted by atomic mass is 10.3. The van der Waals surface area contributed by atoms with E-state index < -0.39 is 30.2 Å². The first-order valence-electron chi connectivity index (χ1n) is 8.54. The molecule has 0 aliphatic heterocycles. The van der Waals surface area contributed by atoms with E-state index in [2.05, 4.69) is 16.0 Å². The summed E-state index contributed by atoms with van der Waals surface area (Å²) in [5.74, 6) is -1.74. The van der Waals surface area contributed by atoms with Crippen molar-refractivity contribution in [2.24, 2.45) is 0 Å². The summed E-state index contributed by atoms with van der Waals surface area (Å²) in [6.07, 6.45) is 1.52. The van der Waals surface area contributed by atoms with Crippen LogP contribution < -0.4 is 20.7 Å². The second-order valence-corrected chi connectivity index (χ2v) is 5.88. The fraction of sp³-hybridized carbons (Fsp3) is 0.100. The molecular weight excluding hydrogens is 384 g/mol. The van der Waals surface area contributed by atoms with E-state index in [1.807, 2.05) is 0 Å². The van der Waals surface area contributed by atoms with E-state index >= 15 is 0 Å². The average Bonchev–Trinajstić information content (AvgIpc) is 3.21. The number of furan rings is 1. The van der Waals surface area contributed by atoms with Crippen LogP contribution in [0.4, 0.5) is 25.0 Å². The first-order chi connectivity index (χ1) is 14.0. The molecule has 29 heavy (non-hydrogen) atoms. The van der Waals surface area contributed by atoms with Gasteiger partial charge in [-0.25, -0.2) is 13.6 Å². The summed E-state index contributed by atoms with van der Waals surface area (Å²) in [6.45, 7) is -0.195. The Morgan fingerprint density at radius 3 is 2.34 bits per heavy atom. The number of hydrogen-bond acceptors (Lipinski definition) is 4. The van der Waals surface area contributed by atoms with Crippen molar-refractivity contribution in [3.63, 3.8) is 0 Å². The molecule has 0 saturated carbocycles. The lowest BCUT2D eigenvalue weighted by Gasteiger charge is -2.10. The highest BCUT2D eigenvalue weighted by Gasteiger charge is 2.09. The van der Waals surface area contributed by atoms with Crippen molar-refractivity contribution < 1.29 is 27.5 Å². The zero-order valence-electron chi connectivity index (χ0n) is 15.1. The molecule has 0 aliphatic rings. The molecule has 3 N–H and O–H groups in total. The third kappa shape index (κ3) is 6.06. The summed E-state index contributed by atoms with van der Waals surface area (Å²) >= 11 is 0. The first kappa shape index (κ1) is 19.9. The predicted octanol–water partition coefficient (Wildman–Crippen LogP) is 3.90. The summed E-state index contributed by atoms with van der Waals surface area (Å²) < 4.78 is 36.5. The molecule has 0 aliphatic carbocycles.